The smallest absolute Gasteiger partial charge is 0.424 e. The molecule has 2 aliphatic rings. The molecule has 9 nitrogen and oxygen atoms in total. The number of carbonyl (C=O) groups excluding carboxylic acids is 2. The molecular weight excluding hydrogens is 591 g/mol. The second-order valence-electron chi connectivity index (χ2n) is 10.6. The summed E-state index contributed by atoms with van der Waals surface area (Å²) in [4.78, 5) is 33.4. The van der Waals surface area contributed by atoms with Crippen LogP contribution in [0.15, 0.2) is 60.8 Å². The van der Waals surface area contributed by atoms with Crippen molar-refractivity contribution in [2.75, 3.05) is 13.2 Å². The number of ether oxygens (including phenoxy) is 2. The van der Waals surface area contributed by atoms with E-state index in [1.807, 2.05) is 0 Å². The van der Waals surface area contributed by atoms with Gasteiger partial charge in [0.2, 0.25) is 5.60 Å². The van der Waals surface area contributed by atoms with Gasteiger partial charge < -0.3 is 25.6 Å². The lowest BCUT2D eigenvalue weighted by Gasteiger charge is -2.31. The third-order valence-electron chi connectivity index (χ3n) is 7.47. The van der Waals surface area contributed by atoms with Crippen molar-refractivity contribution in [3.05, 3.63) is 83.4 Å². The summed E-state index contributed by atoms with van der Waals surface area (Å²) in [6.07, 6.45) is -2.40. The first-order chi connectivity index (χ1) is 20.8. The normalized spacial score (nSPS) is 19.1. The van der Waals surface area contributed by atoms with Crippen molar-refractivity contribution in [2.45, 2.75) is 36.4 Å². The molecule has 1 aliphatic heterocycles. The zero-order valence-electron chi connectivity index (χ0n) is 22.6. The van der Waals surface area contributed by atoms with Crippen LogP contribution in [0.5, 0.6) is 11.5 Å². The van der Waals surface area contributed by atoms with Gasteiger partial charge in [0.1, 0.15) is 29.4 Å². The summed E-state index contributed by atoms with van der Waals surface area (Å²) in [5.41, 5.74) is -3.59. The predicted molar refractivity (Wildman–Crippen MR) is 145 cm³/mol. The number of nitrogens with one attached hydrogen (secondary N) is 1. The number of primary amides is 1. The van der Waals surface area contributed by atoms with Crippen molar-refractivity contribution in [1.29, 1.82) is 0 Å². The number of benzene rings is 2. The van der Waals surface area contributed by atoms with Crippen molar-refractivity contribution in [1.82, 2.24) is 15.3 Å². The van der Waals surface area contributed by atoms with Gasteiger partial charge in [-0.25, -0.2) is 13.8 Å². The Balaban J connectivity index is 1.40. The van der Waals surface area contributed by atoms with Gasteiger partial charge in [-0.15, -0.1) is 0 Å². The number of rotatable bonds is 8. The summed E-state index contributed by atoms with van der Waals surface area (Å²) in [6.45, 7) is -2.41. The summed E-state index contributed by atoms with van der Waals surface area (Å²) in [5, 5.41) is 13.7. The van der Waals surface area contributed by atoms with Gasteiger partial charge in [-0.2, -0.15) is 13.2 Å². The molecule has 4 aromatic rings. The highest BCUT2D eigenvalue weighted by molar-refractivity contribution is 6.00. The van der Waals surface area contributed by atoms with E-state index in [-0.39, 0.29) is 23.0 Å². The zero-order valence-corrected chi connectivity index (χ0v) is 22.6. The number of fused-ring (bicyclic) bond motifs is 2. The Labute approximate surface area is 245 Å². The molecule has 1 unspecified atom stereocenters. The Hall–Kier alpha value is -4.85. The molecule has 2 atom stereocenters. The molecule has 44 heavy (non-hydrogen) atoms. The van der Waals surface area contributed by atoms with Crippen molar-refractivity contribution in [3.8, 4) is 22.8 Å². The van der Waals surface area contributed by atoms with Gasteiger partial charge in [-0.3, -0.25) is 14.6 Å². The van der Waals surface area contributed by atoms with E-state index < -0.39 is 70.9 Å². The van der Waals surface area contributed by atoms with Gasteiger partial charge >= 0.3 is 6.18 Å². The fourth-order valence-electron chi connectivity index (χ4n) is 4.83. The molecule has 14 heteroatoms. The van der Waals surface area contributed by atoms with E-state index in [0.29, 0.717) is 17.0 Å². The van der Waals surface area contributed by atoms with Gasteiger partial charge in [-0.05, 0) is 61.4 Å². The standard InChI is InChI=1S/C30H23F5N4O5/c31-18-5-3-15(4-6-18)24-25-20(28(32,14-43-25)27(36)41)12-22(39-24)29(42,30(33,34)35)13-38-26(40)17-10-16-2-1-9-37-23(16)21(11-17)44-19-7-8-19/h1-6,9-12,19,42H,7-8,13-14H2,(H2,36,41)(H,38,40)/t28?,29-/m0/s1. The molecule has 0 saturated heterocycles. The molecule has 1 aliphatic carbocycles. The molecule has 2 aromatic carbocycles. The molecule has 228 valence electrons. The zero-order chi connectivity index (χ0) is 31.4. The number of nitrogens with zero attached hydrogens (tertiary/aromatic N) is 2. The van der Waals surface area contributed by atoms with Crippen LogP contribution >= 0.6 is 0 Å². The number of aromatic nitrogens is 2. The number of nitrogens with two attached hydrogens (primary N) is 1. The average molecular weight is 615 g/mol. The SMILES string of the molecule is NC(=O)C1(F)COc2c1cc([C@@](O)(CNC(=O)c1cc(OC3CC3)c3ncccc3c1)C(F)(F)F)nc2-c1ccc(F)cc1. The van der Waals surface area contributed by atoms with E-state index in [1.165, 1.54) is 18.3 Å². The topological polar surface area (TPSA) is 137 Å². The second kappa shape index (κ2) is 10.4. The molecule has 6 rings (SSSR count). The van der Waals surface area contributed by atoms with Crippen LogP contribution in [0.25, 0.3) is 22.2 Å². The van der Waals surface area contributed by atoms with E-state index in [2.05, 4.69) is 15.3 Å². The summed E-state index contributed by atoms with van der Waals surface area (Å²) < 4.78 is 84.3. The Bertz CT molecular complexity index is 1800. The number of aliphatic hydroxyl groups is 1. The Morgan fingerprint density at radius 1 is 1.14 bits per heavy atom. The average Bonchev–Trinajstić information content (AvgIpc) is 3.74. The summed E-state index contributed by atoms with van der Waals surface area (Å²) in [6, 6.07) is 10.8. The number of hydrogen-bond donors (Lipinski definition) is 3. The number of hydrogen-bond acceptors (Lipinski definition) is 7. The van der Waals surface area contributed by atoms with Crippen LogP contribution in [0.2, 0.25) is 0 Å². The van der Waals surface area contributed by atoms with E-state index in [1.54, 1.807) is 12.1 Å². The van der Waals surface area contributed by atoms with Gasteiger partial charge in [0.15, 0.2) is 5.75 Å². The highest BCUT2D eigenvalue weighted by Gasteiger charge is 2.58. The van der Waals surface area contributed by atoms with Gasteiger partial charge in [0.25, 0.3) is 17.5 Å². The van der Waals surface area contributed by atoms with Crippen LogP contribution in [-0.2, 0) is 16.1 Å². The Morgan fingerprint density at radius 2 is 1.86 bits per heavy atom. The van der Waals surface area contributed by atoms with Crippen LogP contribution in [0.1, 0.15) is 34.5 Å². The summed E-state index contributed by atoms with van der Waals surface area (Å²) in [7, 11) is 0. The molecular formula is C30H23F5N4O5. The van der Waals surface area contributed by atoms with Crippen molar-refractivity contribution >= 4 is 22.7 Å². The Kier molecular flexibility index (Phi) is 6.91. The minimum atomic E-state index is -5.47. The fraction of sp³-hybridized carbons (Fsp3) is 0.267. The number of carbonyl (C=O) groups is 2. The molecule has 3 heterocycles. The quantitative estimate of drug-likeness (QED) is 0.253. The predicted octanol–water partition coefficient (Wildman–Crippen LogP) is 4.20. The first kappa shape index (κ1) is 29.2. The largest absolute Gasteiger partial charge is 0.488 e. The van der Waals surface area contributed by atoms with Gasteiger partial charge in [0.05, 0.1) is 18.3 Å². The number of halogens is 5. The van der Waals surface area contributed by atoms with Crippen LogP contribution in [0.3, 0.4) is 0 Å². The molecule has 4 N–H and O–H groups in total. The molecule has 1 fully saturated rings. The van der Waals surface area contributed by atoms with E-state index in [4.69, 9.17) is 15.2 Å². The van der Waals surface area contributed by atoms with Crippen LogP contribution in [-0.4, -0.2) is 52.3 Å². The maximum atomic E-state index is 15.7. The minimum Gasteiger partial charge on any atom is -0.488 e. The third-order valence-corrected chi connectivity index (χ3v) is 7.47. The molecule has 2 aromatic heterocycles. The maximum Gasteiger partial charge on any atom is 0.424 e. The highest BCUT2D eigenvalue weighted by Crippen LogP contribution is 2.48. The highest BCUT2D eigenvalue weighted by atomic mass is 19.4. The number of amides is 2. The van der Waals surface area contributed by atoms with E-state index in [9.17, 15) is 32.3 Å². The molecule has 2 amide bonds. The lowest BCUT2D eigenvalue weighted by atomic mass is 9.90. The lowest BCUT2D eigenvalue weighted by molar-refractivity contribution is -0.265. The second-order valence-corrected chi connectivity index (χ2v) is 10.6. The molecule has 1 saturated carbocycles. The molecule has 0 radical (unpaired) electrons. The minimum absolute atomic E-state index is 0.000235. The summed E-state index contributed by atoms with van der Waals surface area (Å²) >= 11 is 0. The first-order valence-corrected chi connectivity index (χ1v) is 13.4. The van der Waals surface area contributed by atoms with Crippen LogP contribution in [0.4, 0.5) is 22.0 Å². The first-order valence-electron chi connectivity index (χ1n) is 13.4. The van der Waals surface area contributed by atoms with E-state index >= 15 is 4.39 Å². The van der Waals surface area contributed by atoms with Gasteiger partial charge in [-0.1, -0.05) is 6.07 Å². The third kappa shape index (κ3) is 5.04. The van der Waals surface area contributed by atoms with Crippen molar-refractivity contribution in [3.63, 3.8) is 0 Å². The maximum absolute atomic E-state index is 15.7. The number of pyridine rings is 2. The molecule has 0 bridgehead atoms. The Morgan fingerprint density at radius 3 is 2.52 bits per heavy atom. The lowest BCUT2D eigenvalue weighted by Crippen LogP contribution is -2.51. The van der Waals surface area contributed by atoms with Crippen LogP contribution < -0.4 is 20.5 Å². The fourth-order valence-corrected chi connectivity index (χ4v) is 4.83. The monoisotopic (exact) mass is 614 g/mol. The van der Waals surface area contributed by atoms with Crippen molar-refractivity contribution in [2.24, 2.45) is 5.73 Å². The number of alkyl halides is 4. The summed E-state index contributed by atoms with van der Waals surface area (Å²) in [5.74, 6) is -3.33. The van der Waals surface area contributed by atoms with Gasteiger partial charge in [0, 0.05) is 28.3 Å². The van der Waals surface area contributed by atoms with E-state index in [0.717, 1.165) is 37.1 Å². The van der Waals surface area contributed by atoms with Crippen LogP contribution in [0, 0.1) is 5.82 Å². The molecule has 0 spiro atoms. The van der Waals surface area contributed by atoms with Crippen molar-refractivity contribution < 1.29 is 46.1 Å².